The van der Waals surface area contributed by atoms with Crippen LogP contribution in [0.15, 0.2) is 18.2 Å². The summed E-state index contributed by atoms with van der Waals surface area (Å²) in [5, 5.41) is 2.98. The normalized spacial score (nSPS) is 21.6. The van der Waals surface area contributed by atoms with Crippen LogP contribution in [0.1, 0.15) is 12.0 Å². The smallest absolute Gasteiger partial charge is 0.159 e. The summed E-state index contributed by atoms with van der Waals surface area (Å²) in [5.74, 6) is -2.13. The predicted octanol–water partition coefficient (Wildman–Crippen LogP) is 0.853. The number of Topliss-reactive ketones (excluding diaryl/α,β-unsaturated/α-hetero) is 1. The van der Waals surface area contributed by atoms with E-state index in [-0.39, 0.29) is 30.1 Å². The van der Waals surface area contributed by atoms with Crippen LogP contribution in [0.5, 0.6) is 0 Å². The number of nitrogens with one attached hydrogen (secondary N) is 1. The Balaban J connectivity index is 1.93. The lowest BCUT2D eigenvalue weighted by Crippen LogP contribution is -2.46. The van der Waals surface area contributed by atoms with E-state index in [1.165, 1.54) is 6.07 Å². The fourth-order valence-electron chi connectivity index (χ4n) is 2.22. The van der Waals surface area contributed by atoms with Crippen LogP contribution in [0.2, 0.25) is 0 Å². The SMILES string of the molecule is O=C(Cc1ccc(F)c(F)c1)CC1CS(=O)(=O)CCN1. The molecule has 1 aromatic rings. The van der Waals surface area contributed by atoms with E-state index < -0.39 is 27.5 Å². The molecular weight excluding hydrogens is 288 g/mol. The predicted molar refractivity (Wildman–Crippen MR) is 70.1 cm³/mol. The van der Waals surface area contributed by atoms with E-state index in [1.54, 1.807) is 0 Å². The van der Waals surface area contributed by atoms with Crippen molar-refractivity contribution in [2.45, 2.75) is 18.9 Å². The van der Waals surface area contributed by atoms with Crippen molar-refractivity contribution >= 4 is 15.6 Å². The molecule has 0 saturated carbocycles. The van der Waals surface area contributed by atoms with Gasteiger partial charge in [-0.15, -0.1) is 0 Å². The van der Waals surface area contributed by atoms with Crippen LogP contribution in [0, 0.1) is 11.6 Å². The van der Waals surface area contributed by atoms with Crippen molar-refractivity contribution in [3.8, 4) is 0 Å². The minimum absolute atomic E-state index is 0.0323. The third-order valence-electron chi connectivity index (χ3n) is 3.16. The first kappa shape index (κ1) is 15.1. The molecule has 1 heterocycles. The maximum atomic E-state index is 13.0. The van der Waals surface area contributed by atoms with Gasteiger partial charge in [0.2, 0.25) is 0 Å². The minimum atomic E-state index is -3.09. The third kappa shape index (κ3) is 4.08. The molecule has 1 saturated heterocycles. The fraction of sp³-hybridized carbons (Fsp3) is 0.462. The summed E-state index contributed by atoms with van der Waals surface area (Å²) in [6.45, 7) is 0.339. The van der Waals surface area contributed by atoms with Crippen LogP contribution in [0.4, 0.5) is 8.78 Å². The standard InChI is InChI=1S/C13H15F2NO3S/c14-12-2-1-9(6-13(12)15)5-11(17)7-10-8-20(18,19)4-3-16-10/h1-2,6,10,16H,3-5,7-8H2. The van der Waals surface area contributed by atoms with Gasteiger partial charge in [-0.25, -0.2) is 17.2 Å². The Bertz CT molecular complexity index is 616. The highest BCUT2D eigenvalue weighted by atomic mass is 32.2. The summed E-state index contributed by atoms with van der Waals surface area (Å²) in [6.07, 6.45) is 0.0354. The van der Waals surface area contributed by atoms with Crippen molar-refractivity contribution in [2.75, 3.05) is 18.1 Å². The molecule has 20 heavy (non-hydrogen) atoms. The first-order valence-corrected chi connectivity index (χ1v) is 8.07. The van der Waals surface area contributed by atoms with Crippen LogP contribution >= 0.6 is 0 Å². The molecule has 1 aliphatic heterocycles. The number of carbonyl (C=O) groups is 1. The Labute approximate surface area is 116 Å². The molecule has 1 fully saturated rings. The third-order valence-corrected chi connectivity index (χ3v) is 4.90. The summed E-state index contributed by atoms with van der Waals surface area (Å²) in [5.41, 5.74) is 0.382. The molecule has 0 bridgehead atoms. The summed E-state index contributed by atoms with van der Waals surface area (Å²) in [4.78, 5) is 11.8. The molecule has 1 unspecified atom stereocenters. The van der Waals surface area contributed by atoms with Crippen LogP contribution in [-0.2, 0) is 21.1 Å². The van der Waals surface area contributed by atoms with E-state index in [4.69, 9.17) is 0 Å². The van der Waals surface area contributed by atoms with E-state index >= 15 is 0 Å². The van der Waals surface area contributed by atoms with Crippen LogP contribution < -0.4 is 5.32 Å². The Morgan fingerprint density at radius 2 is 2.05 bits per heavy atom. The molecule has 1 atom stereocenters. The van der Waals surface area contributed by atoms with Gasteiger partial charge in [0.25, 0.3) is 0 Å². The Kier molecular flexibility index (Phi) is 4.49. The summed E-state index contributed by atoms with van der Waals surface area (Å²) >= 11 is 0. The van der Waals surface area contributed by atoms with Crippen molar-refractivity contribution < 1.29 is 22.0 Å². The highest BCUT2D eigenvalue weighted by Gasteiger charge is 2.25. The van der Waals surface area contributed by atoms with E-state index in [2.05, 4.69) is 5.32 Å². The van der Waals surface area contributed by atoms with Crippen molar-refractivity contribution in [1.29, 1.82) is 0 Å². The number of ketones is 1. The second kappa shape index (κ2) is 5.97. The molecule has 1 aliphatic rings. The highest BCUT2D eigenvalue weighted by Crippen LogP contribution is 2.12. The molecule has 0 spiro atoms. The Hall–Kier alpha value is -1.34. The first-order valence-electron chi connectivity index (χ1n) is 6.25. The molecule has 1 aromatic carbocycles. The van der Waals surface area contributed by atoms with Gasteiger partial charge in [0.15, 0.2) is 21.5 Å². The van der Waals surface area contributed by atoms with E-state index in [0.717, 1.165) is 12.1 Å². The molecule has 110 valence electrons. The molecule has 2 rings (SSSR count). The zero-order chi connectivity index (χ0) is 14.8. The molecule has 0 amide bonds. The summed E-state index contributed by atoms with van der Waals surface area (Å²) in [6, 6.07) is 2.91. The topological polar surface area (TPSA) is 63.2 Å². The van der Waals surface area contributed by atoms with Gasteiger partial charge in [0, 0.05) is 25.4 Å². The Morgan fingerprint density at radius 3 is 2.70 bits per heavy atom. The number of carbonyl (C=O) groups excluding carboxylic acids is 1. The van der Waals surface area contributed by atoms with Crippen LogP contribution in [0.25, 0.3) is 0 Å². The second-order valence-corrected chi connectivity index (χ2v) is 7.16. The van der Waals surface area contributed by atoms with Gasteiger partial charge < -0.3 is 5.32 Å². The average Bonchev–Trinajstić information content (AvgIpc) is 2.32. The van der Waals surface area contributed by atoms with Gasteiger partial charge in [0.1, 0.15) is 5.78 Å². The molecular formula is C13H15F2NO3S. The molecule has 4 nitrogen and oxygen atoms in total. The number of halogens is 2. The molecule has 0 aromatic heterocycles. The van der Waals surface area contributed by atoms with E-state index in [9.17, 15) is 22.0 Å². The largest absolute Gasteiger partial charge is 0.312 e. The maximum absolute atomic E-state index is 13.0. The number of benzene rings is 1. The number of sulfone groups is 1. The fourth-order valence-corrected chi connectivity index (χ4v) is 3.67. The summed E-state index contributed by atoms with van der Waals surface area (Å²) < 4.78 is 48.7. The zero-order valence-electron chi connectivity index (χ0n) is 10.7. The van der Waals surface area contributed by atoms with Crippen molar-refractivity contribution in [3.05, 3.63) is 35.4 Å². The minimum Gasteiger partial charge on any atom is -0.312 e. The van der Waals surface area contributed by atoms with Gasteiger partial charge in [-0.1, -0.05) is 6.07 Å². The van der Waals surface area contributed by atoms with E-state index in [1.807, 2.05) is 0 Å². The van der Waals surface area contributed by atoms with Gasteiger partial charge >= 0.3 is 0 Å². The van der Waals surface area contributed by atoms with Crippen LogP contribution in [0.3, 0.4) is 0 Å². The zero-order valence-corrected chi connectivity index (χ0v) is 11.6. The van der Waals surface area contributed by atoms with Crippen LogP contribution in [-0.4, -0.2) is 38.3 Å². The first-order chi connectivity index (χ1) is 9.35. The number of rotatable bonds is 4. The maximum Gasteiger partial charge on any atom is 0.159 e. The Morgan fingerprint density at radius 1 is 1.30 bits per heavy atom. The molecule has 1 N–H and O–H groups in total. The van der Waals surface area contributed by atoms with Gasteiger partial charge in [-0.05, 0) is 17.7 Å². The van der Waals surface area contributed by atoms with Crippen molar-refractivity contribution in [2.24, 2.45) is 0 Å². The lowest BCUT2D eigenvalue weighted by molar-refractivity contribution is -0.118. The van der Waals surface area contributed by atoms with E-state index in [0.29, 0.717) is 12.1 Å². The quantitative estimate of drug-likeness (QED) is 0.896. The average molecular weight is 303 g/mol. The highest BCUT2D eigenvalue weighted by molar-refractivity contribution is 7.91. The number of hydrogen-bond acceptors (Lipinski definition) is 4. The lowest BCUT2D eigenvalue weighted by Gasteiger charge is -2.22. The molecule has 0 aliphatic carbocycles. The van der Waals surface area contributed by atoms with Gasteiger partial charge in [-0.2, -0.15) is 0 Å². The number of hydrogen-bond donors (Lipinski definition) is 1. The summed E-state index contributed by atoms with van der Waals surface area (Å²) in [7, 11) is -3.09. The second-order valence-electron chi connectivity index (χ2n) is 4.93. The van der Waals surface area contributed by atoms with Crippen molar-refractivity contribution in [3.63, 3.8) is 0 Å². The molecule has 7 heteroatoms. The molecule has 0 radical (unpaired) electrons. The van der Waals surface area contributed by atoms with Gasteiger partial charge in [-0.3, -0.25) is 4.79 Å². The van der Waals surface area contributed by atoms with Gasteiger partial charge in [0.05, 0.1) is 11.5 Å². The monoisotopic (exact) mass is 303 g/mol. The van der Waals surface area contributed by atoms with Crippen molar-refractivity contribution in [1.82, 2.24) is 5.32 Å². The lowest BCUT2D eigenvalue weighted by atomic mass is 10.0.